The van der Waals surface area contributed by atoms with E-state index >= 15 is 0 Å². The third-order valence-corrected chi connectivity index (χ3v) is 10.2. The maximum absolute atomic E-state index is 13.7. The highest BCUT2D eigenvalue weighted by molar-refractivity contribution is 7.89. The van der Waals surface area contributed by atoms with Gasteiger partial charge in [0, 0.05) is 32.6 Å². The Balaban J connectivity index is 0.000000738. The summed E-state index contributed by atoms with van der Waals surface area (Å²) in [5.41, 5.74) is 0.128. The number of carboxylic acid groups (broad SMARTS) is 1. The molecule has 0 aliphatic carbocycles. The third-order valence-electron chi connectivity index (χ3n) is 8.21. The molecule has 15 heteroatoms. The number of benzene rings is 2. The molecule has 2 aromatic carbocycles. The minimum Gasteiger partial charge on any atom is -0.475 e. The minimum absolute atomic E-state index is 0.0958. The molecular formula is C31H38F3N3O8S. The van der Waals surface area contributed by atoms with E-state index in [0.29, 0.717) is 0 Å². The van der Waals surface area contributed by atoms with Gasteiger partial charge in [-0.15, -0.1) is 0 Å². The molecular weight excluding hydrogens is 631 g/mol. The van der Waals surface area contributed by atoms with Crippen molar-refractivity contribution >= 4 is 33.8 Å². The Morgan fingerprint density at radius 3 is 2.02 bits per heavy atom. The average Bonchev–Trinajstić information content (AvgIpc) is 3.43. The highest BCUT2D eigenvalue weighted by atomic mass is 32.2. The largest absolute Gasteiger partial charge is 0.490 e. The van der Waals surface area contributed by atoms with Crippen molar-refractivity contribution < 1.29 is 50.6 Å². The first-order chi connectivity index (χ1) is 21.2. The number of imide groups is 1. The van der Waals surface area contributed by atoms with Crippen LogP contribution in [0.25, 0.3) is 0 Å². The van der Waals surface area contributed by atoms with Crippen LogP contribution in [0.15, 0.2) is 59.5 Å². The summed E-state index contributed by atoms with van der Waals surface area (Å²) in [7, 11) is -1.29. The summed E-state index contributed by atoms with van der Waals surface area (Å²) in [5, 5.41) is 10.4. The van der Waals surface area contributed by atoms with Gasteiger partial charge in [0.2, 0.25) is 21.8 Å². The maximum atomic E-state index is 13.7. The van der Waals surface area contributed by atoms with E-state index in [1.54, 1.807) is 31.2 Å². The van der Waals surface area contributed by atoms with Crippen LogP contribution < -0.4 is 5.32 Å². The molecule has 0 radical (unpaired) electrons. The van der Waals surface area contributed by atoms with Crippen LogP contribution in [0.1, 0.15) is 38.8 Å². The Kier molecular flexibility index (Phi) is 10.8. The van der Waals surface area contributed by atoms with Crippen LogP contribution in [0.4, 0.5) is 13.2 Å². The Hall–Kier alpha value is -3.82. The Morgan fingerprint density at radius 2 is 1.57 bits per heavy atom. The number of fused-ring (bicyclic) bond motifs is 1. The molecule has 0 spiro atoms. The van der Waals surface area contributed by atoms with Gasteiger partial charge in [0.15, 0.2) is 0 Å². The van der Waals surface area contributed by atoms with Gasteiger partial charge in [0.1, 0.15) is 5.54 Å². The Labute approximate surface area is 265 Å². The lowest BCUT2D eigenvalue weighted by atomic mass is 9.76. The van der Waals surface area contributed by atoms with Crippen molar-refractivity contribution in [2.75, 3.05) is 27.2 Å². The quantitative estimate of drug-likeness (QED) is 0.320. The highest BCUT2D eigenvalue weighted by Gasteiger charge is 2.68. The molecule has 0 saturated carbocycles. The second-order valence-corrected chi connectivity index (χ2v) is 14.1. The van der Waals surface area contributed by atoms with E-state index in [-0.39, 0.29) is 29.8 Å². The predicted molar refractivity (Wildman–Crippen MR) is 160 cm³/mol. The normalized spacial score (nSPS) is 23.2. The molecule has 4 atom stereocenters. The number of nitrogens with zero attached hydrogens (tertiary/aromatic N) is 2. The number of esters is 1. The van der Waals surface area contributed by atoms with Crippen molar-refractivity contribution in [3.63, 3.8) is 0 Å². The topological polar surface area (TPSA) is 150 Å². The SMILES string of the molecule is CCN(C[C@H]1N[C@@](Cc2ccccc2)(C(=O)OC)[C@H]2C(=O)N(C)C(=O)[C@@H]12)S(=O)(=O)c1ccc(C(C)(C)C)cc1.O=C(O)C(F)(F)F. The van der Waals surface area contributed by atoms with Crippen molar-refractivity contribution in [3.8, 4) is 0 Å². The first kappa shape index (κ1) is 36.6. The molecule has 2 aliphatic heterocycles. The molecule has 2 saturated heterocycles. The number of rotatable bonds is 8. The number of nitrogens with one attached hydrogen (secondary N) is 1. The summed E-state index contributed by atoms with van der Waals surface area (Å²) < 4.78 is 65.6. The van der Waals surface area contributed by atoms with Gasteiger partial charge in [-0.25, -0.2) is 13.2 Å². The van der Waals surface area contributed by atoms with E-state index in [1.165, 1.54) is 18.5 Å². The second kappa shape index (κ2) is 13.5. The van der Waals surface area contributed by atoms with Crippen LogP contribution in [0.5, 0.6) is 0 Å². The van der Waals surface area contributed by atoms with Gasteiger partial charge in [-0.2, -0.15) is 17.5 Å². The van der Waals surface area contributed by atoms with Crippen LogP contribution in [0.2, 0.25) is 0 Å². The minimum atomic E-state index is -5.08. The van der Waals surface area contributed by atoms with Gasteiger partial charge in [-0.1, -0.05) is 70.2 Å². The van der Waals surface area contributed by atoms with Crippen molar-refractivity contribution in [3.05, 3.63) is 65.7 Å². The zero-order valence-corrected chi connectivity index (χ0v) is 27.1. The first-order valence-electron chi connectivity index (χ1n) is 14.3. The van der Waals surface area contributed by atoms with Gasteiger partial charge in [-0.3, -0.25) is 24.6 Å². The monoisotopic (exact) mass is 669 g/mol. The number of ether oxygens (including phenoxy) is 1. The number of alkyl halides is 3. The summed E-state index contributed by atoms with van der Waals surface area (Å²) in [6.07, 6.45) is -4.97. The predicted octanol–water partition coefficient (Wildman–Crippen LogP) is 2.99. The summed E-state index contributed by atoms with van der Waals surface area (Å²) in [4.78, 5) is 50.2. The maximum Gasteiger partial charge on any atom is 0.490 e. The summed E-state index contributed by atoms with van der Waals surface area (Å²) in [5.74, 6) is -6.29. The third kappa shape index (κ3) is 7.26. The molecule has 0 unspecified atom stereocenters. The van der Waals surface area contributed by atoms with E-state index in [0.717, 1.165) is 16.0 Å². The van der Waals surface area contributed by atoms with E-state index in [9.17, 15) is 36.0 Å². The number of sulfonamides is 1. The number of carboxylic acids is 1. The molecule has 2 heterocycles. The number of hydrogen-bond donors (Lipinski definition) is 2. The van der Waals surface area contributed by atoms with E-state index in [1.807, 2.05) is 30.3 Å². The average molecular weight is 670 g/mol. The smallest absolute Gasteiger partial charge is 0.475 e. The number of halogens is 3. The molecule has 2 aromatic rings. The number of likely N-dealkylation sites (N-methyl/N-ethyl adjacent to an activating group) is 1. The fourth-order valence-corrected chi connectivity index (χ4v) is 7.31. The Morgan fingerprint density at radius 1 is 1.02 bits per heavy atom. The number of amides is 2. The summed E-state index contributed by atoms with van der Waals surface area (Å²) >= 11 is 0. The lowest BCUT2D eigenvalue weighted by molar-refractivity contribution is -0.192. The fourth-order valence-electron chi connectivity index (χ4n) is 5.84. The number of carbonyl (C=O) groups is 4. The zero-order chi connectivity index (χ0) is 34.8. The van der Waals surface area contributed by atoms with Crippen LogP contribution in [0.3, 0.4) is 0 Å². The van der Waals surface area contributed by atoms with E-state index in [4.69, 9.17) is 14.6 Å². The van der Waals surface area contributed by atoms with Gasteiger partial charge in [-0.05, 0) is 28.7 Å². The summed E-state index contributed by atoms with van der Waals surface area (Å²) in [6, 6.07) is 15.2. The molecule has 2 fully saturated rings. The van der Waals surface area contributed by atoms with Crippen LogP contribution >= 0.6 is 0 Å². The van der Waals surface area contributed by atoms with Crippen molar-refractivity contribution in [2.24, 2.45) is 11.8 Å². The van der Waals surface area contributed by atoms with Gasteiger partial charge < -0.3 is 9.84 Å². The lowest BCUT2D eigenvalue weighted by Crippen LogP contribution is -2.59. The standard InChI is InChI=1S/C29H37N3O6S.C2HF3O2/c1-7-32(39(36,37)21-15-13-20(14-16-21)28(2,3)4)18-22-23-24(26(34)31(5)25(23)33)29(30-22,27(35)38-6)17-19-11-9-8-10-12-19;3-2(4,5)1(6)7/h8-16,22-24,30H,7,17-18H2,1-6H3;(H,6,7)/t22-,23+,24-,29-;/m1./s1. The van der Waals surface area contributed by atoms with Crippen molar-refractivity contribution in [1.29, 1.82) is 0 Å². The second-order valence-electron chi connectivity index (χ2n) is 12.1. The number of methoxy groups -OCH3 is 1. The first-order valence-corrected chi connectivity index (χ1v) is 15.8. The van der Waals surface area contributed by atoms with Gasteiger partial charge >= 0.3 is 18.1 Å². The van der Waals surface area contributed by atoms with E-state index < -0.39 is 63.4 Å². The van der Waals surface area contributed by atoms with Crippen LogP contribution in [0, 0.1) is 11.8 Å². The lowest BCUT2D eigenvalue weighted by Gasteiger charge is -2.33. The van der Waals surface area contributed by atoms with Crippen molar-refractivity contribution in [2.45, 2.75) is 62.2 Å². The molecule has 4 rings (SSSR count). The zero-order valence-electron chi connectivity index (χ0n) is 26.3. The molecule has 0 aromatic heterocycles. The fraction of sp³-hybridized carbons (Fsp3) is 0.484. The van der Waals surface area contributed by atoms with Crippen LogP contribution in [-0.4, -0.2) is 91.5 Å². The molecule has 11 nitrogen and oxygen atoms in total. The summed E-state index contributed by atoms with van der Waals surface area (Å²) in [6.45, 7) is 7.92. The van der Waals surface area contributed by atoms with Crippen molar-refractivity contribution in [1.82, 2.24) is 14.5 Å². The number of hydrogen-bond acceptors (Lipinski definition) is 8. The molecule has 46 heavy (non-hydrogen) atoms. The molecule has 2 N–H and O–H groups in total. The van der Waals surface area contributed by atoms with Crippen LogP contribution in [-0.2, 0) is 45.8 Å². The number of aliphatic carboxylic acids is 1. The van der Waals surface area contributed by atoms with Gasteiger partial charge in [0.05, 0.1) is 23.8 Å². The van der Waals surface area contributed by atoms with Gasteiger partial charge in [0.25, 0.3) is 0 Å². The van der Waals surface area contributed by atoms with E-state index in [2.05, 4.69) is 26.1 Å². The molecule has 2 amide bonds. The molecule has 252 valence electrons. The molecule has 2 aliphatic rings. The highest BCUT2D eigenvalue weighted by Crippen LogP contribution is 2.45. The molecule has 0 bridgehead atoms. The number of likely N-dealkylation sites (tertiary alicyclic amines) is 1. The Bertz CT molecular complexity index is 1560. The number of carbonyl (C=O) groups excluding carboxylic acids is 3.